The van der Waals surface area contributed by atoms with E-state index >= 15 is 0 Å². The van der Waals surface area contributed by atoms with E-state index < -0.39 is 0 Å². The van der Waals surface area contributed by atoms with Gasteiger partial charge >= 0.3 is 0 Å². The van der Waals surface area contributed by atoms with Crippen LogP contribution >= 0.6 is 0 Å². The highest BCUT2D eigenvalue weighted by Gasteiger charge is 2.49. The third-order valence-corrected chi connectivity index (χ3v) is 3.17. The molecule has 0 aliphatic heterocycles. The van der Waals surface area contributed by atoms with Crippen molar-refractivity contribution in [3.05, 3.63) is 30.1 Å². The smallest absolute Gasteiger partial charge is 0.171 e. The van der Waals surface area contributed by atoms with Crippen LogP contribution in [0.3, 0.4) is 0 Å². The van der Waals surface area contributed by atoms with Crippen LogP contribution in [0, 0.1) is 18.3 Å². The Morgan fingerprint density at radius 2 is 2.40 bits per heavy atom. The molecule has 2 aliphatic carbocycles. The summed E-state index contributed by atoms with van der Waals surface area (Å²) in [6, 6.07) is 0. The molecule has 2 atom stereocenters. The van der Waals surface area contributed by atoms with Crippen LogP contribution in [0.1, 0.15) is 25.6 Å². The monoisotopic (exact) mass is 204 g/mol. The van der Waals surface area contributed by atoms with E-state index in [-0.39, 0.29) is 0 Å². The standard InChI is InChI=1S/C9H12.C2H4N4/c1-2-9-6-4-3-5-8(9)7-9;1-2-3-5-6-4-2/h3-6,8H,2,7H2,1H3;1H3,(H,3,4,5,6). The first-order valence-electron chi connectivity index (χ1n) is 5.33. The molecule has 1 aromatic rings. The van der Waals surface area contributed by atoms with Crippen molar-refractivity contribution in [2.24, 2.45) is 11.3 Å². The molecule has 1 heterocycles. The van der Waals surface area contributed by atoms with Gasteiger partial charge in [-0.15, -0.1) is 10.2 Å². The first-order chi connectivity index (χ1) is 7.27. The Labute approximate surface area is 89.5 Å². The average molecular weight is 204 g/mol. The number of aryl methyl sites for hydroxylation is 1. The van der Waals surface area contributed by atoms with E-state index in [9.17, 15) is 0 Å². The van der Waals surface area contributed by atoms with Gasteiger partial charge in [0.1, 0.15) is 0 Å². The van der Waals surface area contributed by atoms with Gasteiger partial charge in [-0.3, -0.25) is 0 Å². The van der Waals surface area contributed by atoms with Gasteiger partial charge in [-0.2, -0.15) is 5.21 Å². The molecule has 0 aromatic carbocycles. The highest BCUT2D eigenvalue weighted by atomic mass is 15.5. The van der Waals surface area contributed by atoms with Crippen molar-refractivity contribution in [2.75, 3.05) is 0 Å². The molecule has 80 valence electrons. The summed E-state index contributed by atoms with van der Waals surface area (Å²) in [5, 5.41) is 12.7. The minimum absolute atomic E-state index is 0.620. The SMILES string of the molecule is CCC12C=CC=CC1C2.Cc1nn[nH]n1. The normalized spacial score (nSPS) is 30.4. The second-order valence-electron chi connectivity index (χ2n) is 4.10. The van der Waals surface area contributed by atoms with Crippen LogP contribution < -0.4 is 0 Å². The van der Waals surface area contributed by atoms with Gasteiger partial charge in [0.2, 0.25) is 0 Å². The highest BCUT2D eigenvalue weighted by molar-refractivity contribution is 5.28. The van der Waals surface area contributed by atoms with Gasteiger partial charge in [-0.25, -0.2) is 0 Å². The predicted molar refractivity (Wildman–Crippen MR) is 58.0 cm³/mol. The Kier molecular flexibility index (Phi) is 2.66. The summed E-state index contributed by atoms with van der Waals surface area (Å²) in [6.07, 6.45) is 11.8. The summed E-state index contributed by atoms with van der Waals surface area (Å²) < 4.78 is 0. The van der Waals surface area contributed by atoms with Gasteiger partial charge in [0.15, 0.2) is 5.82 Å². The summed E-state index contributed by atoms with van der Waals surface area (Å²) >= 11 is 0. The number of nitrogens with one attached hydrogen (secondary N) is 1. The molecule has 0 spiro atoms. The molecule has 1 N–H and O–H groups in total. The van der Waals surface area contributed by atoms with Crippen LogP contribution in [-0.2, 0) is 0 Å². The largest absolute Gasteiger partial charge is 0.177 e. The molecule has 2 unspecified atom stereocenters. The van der Waals surface area contributed by atoms with E-state index in [4.69, 9.17) is 0 Å². The van der Waals surface area contributed by atoms with Crippen LogP contribution in [-0.4, -0.2) is 20.6 Å². The number of hydrogen-bond donors (Lipinski definition) is 1. The van der Waals surface area contributed by atoms with Crippen LogP contribution in [0.15, 0.2) is 24.3 Å². The average Bonchev–Trinajstić information content (AvgIpc) is 2.84. The number of aromatic nitrogens is 4. The first-order valence-corrected chi connectivity index (χ1v) is 5.33. The van der Waals surface area contributed by atoms with Crippen LogP contribution in [0.5, 0.6) is 0 Å². The van der Waals surface area contributed by atoms with Crippen molar-refractivity contribution in [1.29, 1.82) is 0 Å². The fourth-order valence-corrected chi connectivity index (χ4v) is 1.98. The molecule has 1 saturated carbocycles. The molecule has 0 amide bonds. The molecule has 2 aliphatic rings. The number of hydrogen-bond acceptors (Lipinski definition) is 3. The number of nitrogens with zero attached hydrogens (tertiary/aromatic N) is 3. The topological polar surface area (TPSA) is 54.5 Å². The quantitative estimate of drug-likeness (QED) is 0.761. The Hall–Kier alpha value is -1.45. The van der Waals surface area contributed by atoms with Gasteiger partial charge in [0.25, 0.3) is 0 Å². The zero-order valence-corrected chi connectivity index (χ0v) is 9.14. The van der Waals surface area contributed by atoms with Crippen LogP contribution in [0.2, 0.25) is 0 Å². The lowest BCUT2D eigenvalue weighted by Crippen LogP contribution is -1.97. The predicted octanol–water partition coefficient (Wildman–Crippen LogP) is 2.04. The van der Waals surface area contributed by atoms with Crippen molar-refractivity contribution < 1.29 is 0 Å². The molecule has 0 saturated heterocycles. The number of fused-ring (bicyclic) bond motifs is 1. The maximum absolute atomic E-state index is 3.57. The number of H-pyrrole nitrogens is 1. The van der Waals surface area contributed by atoms with E-state index in [1.165, 1.54) is 12.8 Å². The minimum atomic E-state index is 0.620. The first kappa shape index (κ1) is 10.1. The van der Waals surface area contributed by atoms with Crippen LogP contribution in [0.25, 0.3) is 0 Å². The molecule has 4 nitrogen and oxygen atoms in total. The molecular formula is C11H16N4. The van der Waals surface area contributed by atoms with E-state index in [2.05, 4.69) is 51.9 Å². The summed E-state index contributed by atoms with van der Waals surface area (Å²) in [6.45, 7) is 4.05. The number of allylic oxidation sites excluding steroid dienone is 4. The highest BCUT2D eigenvalue weighted by Crippen LogP contribution is 2.58. The number of tetrazole rings is 1. The second kappa shape index (κ2) is 3.96. The lowest BCUT2D eigenvalue weighted by molar-refractivity contribution is 0.585. The maximum atomic E-state index is 3.57. The van der Waals surface area contributed by atoms with Gasteiger partial charge in [0.05, 0.1) is 0 Å². The van der Waals surface area contributed by atoms with Gasteiger partial charge in [-0.05, 0) is 31.1 Å². The molecule has 1 fully saturated rings. The zero-order chi connectivity index (χ0) is 10.7. The Morgan fingerprint density at radius 3 is 2.80 bits per heavy atom. The molecule has 3 rings (SSSR count). The Balaban J connectivity index is 0.000000124. The third kappa shape index (κ3) is 2.14. The third-order valence-electron chi connectivity index (χ3n) is 3.17. The zero-order valence-electron chi connectivity index (χ0n) is 9.14. The van der Waals surface area contributed by atoms with Crippen molar-refractivity contribution in [2.45, 2.75) is 26.7 Å². The van der Waals surface area contributed by atoms with Gasteiger partial charge in [0, 0.05) is 0 Å². The summed E-state index contributed by atoms with van der Waals surface area (Å²) in [5.74, 6) is 1.57. The van der Waals surface area contributed by atoms with Crippen LogP contribution in [0.4, 0.5) is 0 Å². The molecule has 4 heteroatoms. The van der Waals surface area contributed by atoms with Crippen molar-refractivity contribution in [1.82, 2.24) is 20.6 Å². The summed E-state index contributed by atoms with van der Waals surface area (Å²) in [4.78, 5) is 0. The fraction of sp³-hybridized carbons (Fsp3) is 0.545. The number of rotatable bonds is 1. The van der Waals surface area contributed by atoms with Gasteiger partial charge < -0.3 is 0 Å². The Bertz CT molecular complexity index is 366. The van der Waals surface area contributed by atoms with Crippen molar-refractivity contribution in [3.8, 4) is 0 Å². The number of aromatic amines is 1. The molecular weight excluding hydrogens is 188 g/mol. The van der Waals surface area contributed by atoms with E-state index in [0.717, 1.165) is 5.92 Å². The summed E-state index contributed by atoms with van der Waals surface area (Å²) in [5.41, 5.74) is 0.620. The maximum Gasteiger partial charge on any atom is 0.171 e. The van der Waals surface area contributed by atoms with E-state index in [0.29, 0.717) is 11.2 Å². The summed E-state index contributed by atoms with van der Waals surface area (Å²) in [7, 11) is 0. The van der Waals surface area contributed by atoms with E-state index in [1.54, 1.807) is 6.92 Å². The lowest BCUT2D eigenvalue weighted by Gasteiger charge is -2.08. The molecule has 0 bridgehead atoms. The molecule has 0 radical (unpaired) electrons. The Morgan fingerprint density at radius 1 is 1.53 bits per heavy atom. The van der Waals surface area contributed by atoms with E-state index in [1.807, 2.05) is 0 Å². The molecule has 1 aromatic heterocycles. The van der Waals surface area contributed by atoms with Crippen molar-refractivity contribution >= 4 is 0 Å². The fourth-order valence-electron chi connectivity index (χ4n) is 1.98. The lowest BCUT2D eigenvalue weighted by atomic mass is 9.97. The van der Waals surface area contributed by atoms with Crippen molar-refractivity contribution in [3.63, 3.8) is 0 Å². The van der Waals surface area contributed by atoms with Gasteiger partial charge in [-0.1, -0.05) is 36.4 Å². The minimum Gasteiger partial charge on any atom is -0.177 e. The second-order valence-corrected chi connectivity index (χ2v) is 4.10. The molecule has 15 heavy (non-hydrogen) atoms.